The zero-order chi connectivity index (χ0) is 30.5. The summed E-state index contributed by atoms with van der Waals surface area (Å²) in [7, 11) is 1.52. The minimum absolute atomic E-state index is 0.208. The van der Waals surface area contributed by atoms with E-state index in [4.69, 9.17) is 49.0 Å². The van der Waals surface area contributed by atoms with Crippen LogP contribution in [0.3, 0.4) is 0 Å². The highest BCUT2D eigenvalue weighted by Crippen LogP contribution is 2.41. The number of aromatic amines is 1. The molecule has 0 radical (unpaired) electrons. The second-order valence-electron chi connectivity index (χ2n) is 9.12. The fourth-order valence-electron chi connectivity index (χ4n) is 4.44. The molecule has 0 atom stereocenters. The molecule has 0 aliphatic heterocycles. The Kier molecular flexibility index (Phi) is 9.21. The Morgan fingerprint density at radius 2 is 1.74 bits per heavy atom. The number of methoxy groups -OCH3 is 1. The number of halogens is 3. The molecule has 11 heteroatoms. The first-order valence-electron chi connectivity index (χ1n) is 13.0. The van der Waals surface area contributed by atoms with E-state index in [2.05, 4.69) is 15.5 Å². The van der Waals surface area contributed by atoms with Crippen LogP contribution in [0, 0.1) is 0 Å². The largest absolute Gasteiger partial charge is 0.497 e. The van der Waals surface area contributed by atoms with Gasteiger partial charge in [-0.25, -0.2) is 10.2 Å². The normalized spacial score (nSPS) is 11.1. The summed E-state index contributed by atoms with van der Waals surface area (Å²) in [5, 5.41) is 5.96. The van der Waals surface area contributed by atoms with Gasteiger partial charge in [0.25, 0.3) is 5.91 Å². The molecule has 0 spiro atoms. The van der Waals surface area contributed by atoms with Gasteiger partial charge in [-0.15, -0.1) is 0 Å². The van der Waals surface area contributed by atoms with Gasteiger partial charge in [0.15, 0.2) is 11.5 Å². The number of aromatic nitrogens is 1. The predicted molar refractivity (Wildman–Crippen MR) is 169 cm³/mol. The molecule has 218 valence electrons. The lowest BCUT2D eigenvalue weighted by Crippen LogP contribution is -2.19. The van der Waals surface area contributed by atoms with Crippen molar-refractivity contribution >= 4 is 63.8 Å². The van der Waals surface area contributed by atoms with E-state index in [1.165, 1.54) is 13.3 Å². The molecule has 4 aromatic carbocycles. The molecule has 5 aromatic rings. The number of carbonyl (C=O) groups is 2. The van der Waals surface area contributed by atoms with Crippen LogP contribution in [0.4, 0.5) is 0 Å². The molecule has 0 fully saturated rings. The standard InChI is InChI=1S/C32H24Cl3N3O5/c1-3-42-27-13-18(11-12-26(27)43-32(40)19-7-6-8-21(14-19)41-2)17-36-38-31(39)30-28(22-9-4-5-10-23(22)34)29-24(35)15-20(33)16-25(29)37-30/h4-17,37H,3H2,1-2H3,(H,38,39). The molecule has 43 heavy (non-hydrogen) atoms. The maximum Gasteiger partial charge on any atom is 0.343 e. The van der Waals surface area contributed by atoms with Gasteiger partial charge in [-0.1, -0.05) is 59.1 Å². The van der Waals surface area contributed by atoms with Crippen molar-refractivity contribution in [2.24, 2.45) is 5.10 Å². The number of carbonyl (C=O) groups excluding carboxylic acids is 2. The lowest BCUT2D eigenvalue weighted by molar-refractivity contribution is 0.0727. The quantitative estimate of drug-likeness (QED) is 0.0735. The minimum atomic E-state index is -0.567. The summed E-state index contributed by atoms with van der Waals surface area (Å²) in [6.07, 6.45) is 1.44. The Balaban J connectivity index is 1.39. The third-order valence-electron chi connectivity index (χ3n) is 6.34. The summed E-state index contributed by atoms with van der Waals surface area (Å²) in [5.41, 5.74) is 5.38. The number of nitrogens with zero attached hydrogens (tertiary/aromatic N) is 1. The van der Waals surface area contributed by atoms with Crippen molar-refractivity contribution in [2.45, 2.75) is 6.92 Å². The van der Waals surface area contributed by atoms with Crippen LogP contribution < -0.4 is 19.6 Å². The van der Waals surface area contributed by atoms with Crippen molar-refractivity contribution in [3.8, 4) is 28.4 Å². The highest BCUT2D eigenvalue weighted by Gasteiger charge is 2.23. The number of esters is 1. The highest BCUT2D eigenvalue weighted by atomic mass is 35.5. The minimum Gasteiger partial charge on any atom is -0.497 e. The molecule has 1 amide bonds. The number of amides is 1. The van der Waals surface area contributed by atoms with Gasteiger partial charge in [0.2, 0.25) is 0 Å². The van der Waals surface area contributed by atoms with Gasteiger partial charge < -0.3 is 19.2 Å². The first kappa shape index (κ1) is 30.0. The van der Waals surface area contributed by atoms with Gasteiger partial charge in [-0.2, -0.15) is 5.10 Å². The molecule has 0 aliphatic rings. The zero-order valence-corrected chi connectivity index (χ0v) is 25.2. The molecular formula is C32H24Cl3N3O5. The molecule has 0 unspecified atom stereocenters. The van der Waals surface area contributed by atoms with Gasteiger partial charge in [0.1, 0.15) is 11.4 Å². The number of ether oxygens (including phenoxy) is 3. The smallest absolute Gasteiger partial charge is 0.343 e. The summed E-state index contributed by atoms with van der Waals surface area (Å²) >= 11 is 19.3. The van der Waals surface area contributed by atoms with Crippen LogP contribution in [0.25, 0.3) is 22.0 Å². The number of benzene rings is 4. The predicted octanol–water partition coefficient (Wildman–Crippen LogP) is 8.19. The second-order valence-corrected chi connectivity index (χ2v) is 10.4. The van der Waals surface area contributed by atoms with Crippen molar-refractivity contribution < 1.29 is 23.8 Å². The van der Waals surface area contributed by atoms with Crippen LogP contribution >= 0.6 is 34.8 Å². The zero-order valence-electron chi connectivity index (χ0n) is 22.9. The van der Waals surface area contributed by atoms with Crippen LogP contribution in [0.1, 0.15) is 33.3 Å². The first-order chi connectivity index (χ1) is 20.8. The van der Waals surface area contributed by atoms with E-state index >= 15 is 0 Å². The topological polar surface area (TPSA) is 102 Å². The van der Waals surface area contributed by atoms with Crippen LogP contribution in [-0.2, 0) is 0 Å². The number of H-pyrrole nitrogens is 1. The highest BCUT2D eigenvalue weighted by molar-refractivity contribution is 6.41. The lowest BCUT2D eigenvalue weighted by Gasteiger charge is -2.12. The van der Waals surface area contributed by atoms with Crippen molar-refractivity contribution in [1.29, 1.82) is 0 Å². The van der Waals surface area contributed by atoms with Gasteiger partial charge in [-0.3, -0.25) is 4.79 Å². The van der Waals surface area contributed by atoms with E-state index in [9.17, 15) is 9.59 Å². The van der Waals surface area contributed by atoms with Crippen molar-refractivity contribution in [3.63, 3.8) is 0 Å². The fourth-order valence-corrected chi connectivity index (χ4v) is 5.26. The second kappa shape index (κ2) is 13.2. The summed E-state index contributed by atoms with van der Waals surface area (Å²) in [6, 6.07) is 22.0. The maximum absolute atomic E-state index is 13.4. The van der Waals surface area contributed by atoms with Gasteiger partial charge >= 0.3 is 5.97 Å². The van der Waals surface area contributed by atoms with Crippen LogP contribution in [0.2, 0.25) is 15.1 Å². The van der Waals surface area contributed by atoms with Crippen molar-refractivity contribution in [3.05, 3.63) is 111 Å². The Hall–Kier alpha value is -4.50. The molecular weight excluding hydrogens is 613 g/mol. The van der Waals surface area contributed by atoms with E-state index in [-0.39, 0.29) is 11.4 Å². The summed E-state index contributed by atoms with van der Waals surface area (Å²) < 4.78 is 16.5. The molecule has 1 aromatic heterocycles. The van der Waals surface area contributed by atoms with Crippen molar-refractivity contribution in [2.75, 3.05) is 13.7 Å². The van der Waals surface area contributed by atoms with Crippen LogP contribution in [-0.4, -0.2) is 36.8 Å². The van der Waals surface area contributed by atoms with E-state index in [0.717, 1.165) is 0 Å². The Morgan fingerprint density at radius 3 is 2.51 bits per heavy atom. The number of nitrogens with one attached hydrogen (secondary N) is 2. The fraction of sp³-hybridized carbons (Fsp3) is 0.0938. The number of hydrazone groups is 1. The van der Waals surface area contributed by atoms with Gasteiger partial charge in [0.05, 0.1) is 30.5 Å². The van der Waals surface area contributed by atoms with E-state index < -0.39 is 11.9 Å². The Labute approximate surface area is 262 Å². The van der Waals surface area contributed by atoms with Gasteiger partial charge in [0, 0.05) is 32.1 Å². The molecule has 0 aliphatic carbocycles. The van der Waals surface area contributed by atoms with Crippen LogP contribution in [0.15, 0.2) is 84.0 Å². The molecule has 0 saturated carbocycles. The van der Waals surface area contributed by atoms with E-state index in [0.29, 0.717) is 66.3 Å². The monoisotopic (exact) mass is 635 g/mol. The first-order valence-corrected chi connectivity index (χ1v) is 14.1. The Bertz CT molecular complexity index is 1870. The maximum atomic E-state index is 13.4. The summed E-state index contributed by atoms with van der Waals surface area (Å²) in [5.74, 6) is 0.00319. The lowest BCUT2D eigenvalue weighted by atomic mass is 10.0. The molecule has 0 bridgehead atoms. The van der Waals surface area contributed by atoms with Crippen molar-refractivity contribution in [1.82, 2.24) is 10.4 Å². The van der Waals surface area contributed by atoms with Gasteiger partial charge in [-0.05, 0) is 67.1 Å². The molecule has 8 nitrogen and oxygen atoms in total. The molecule has 2 N–H and O–H groups in total. The SMILES string of the molecule is CCOc1cc(C=NNC(=O)c2[nH]c3cc(Cl)cc(Cl)c3c2-c2ccccc2Cl)ccc1OC(=O)c1cccc(OC)c1. The number of hydrogen-bond acceptors (Lipinski definition) is 6. The average Bonchev–Trinajstić information content (AvgIpc) is 3.38. The number of fused-ring (bicyclic) bond motifs is 1. The molecule has 5 rings (SSSR count). The number of hydrogen-bond donors (Lipinski definition) is 2. The molecule has 1 heterocycles. The average molecular weight is 637 g/mol. The number of rotatable bonds is 9. The third-order valence-corrected chi connectivity index (χ3v) is 7.19. The third kappa shape index (κ3) is 6.62. The summed E-state index contributed by atoms with van der Waals surface area (Å²) in [6.45, 7) is 2.14. The van der Waals surface area contributed by atoms with E-state index in [1.54, 1.807) is 72.8 Å². The van der Waals surface area contributed by atoms with Crippen LogP contribution in [0.5, 0.6) is 17.2 Å². The summed E-state index contributed by atoms with van der Waals surface area (Å²) in [4.78, 5) is 29.2. The Morgan fingerprint density at radius 1 is 0.930 bits per heavy atom. The van der Waals surface area contributed by atoms with E-state index in [1.807, 2.05) is 13.0 Å². The molecule has 0 saturated heterocycles.